The molecule has 1 unspecified atom stereocenters. The van der Waals surface area contributed by atoms with Gasteiger partial charge in [0.2, 0.25) is 5.91 Å². The lowest BCUT2D eigenvalue weighted by Crippen LogP contribution is -2.57. The summed E-state index contributed by atoms with van der Waals surface area (Å²) >= 11 is 0. The first-order valence-corrected chi connectivity index (χ1v) is 5.92. The number of nitrogens with one attached hydrogen (secondary N) is 1. The summed E-state index contributed by atoms with van der Waals surface area (Å²) in [5, 5.41) is 6.70. The highest BCUT2D eigenvalue weighted by Gasteiger charge is 2.33. The number of nitrogen functional groups attached to an aromatic ring is 1. The summed E-state index contributed by atoms with van der Waals surface area (Å²) in [5.41, 5.74) is 6.41. The van der Waals surface area contributed by atoms with Crippen molar-refractivity contribution in [3.05, 3.63) is 11.9 Å². The first-order chi connectivity index (χ1) is 8.56. The molecule has 1 aromatic heterocycles. The van der Waals surface area contributed by atoms with Crippen LogP contribution in [-0.2, 0) is 11.8 Å². The van der Waals surface area contributed by atoms with Crippen molar-refractivity contribution in [3.8, 4) is 0 Å². The summed E-state index contributed by atoms with van der Waals surface area (Å²) < 4.78 is 1.44. The predicted molar refractivity (Wildman–Crippen MR) is 65.7 cm³/mol. The van der Waals surface area contributed by atoms with Crippen LogP contribution in [0.25, 0.3) is 0 Å². The lowest BCUT2D eigenvalue weighted by molar-refractivity contribution is -0.127. The standard InChI is InChI=1S/C11H17N5O2/c1-3-8-10(17)13-4-5-16(8)11(18)9-7(12)6-14-15(9)2/h6,8H,3-5,12H2,1-2H3,(H,13,17). The Kier molecular flexibility index (Phi) is 3.22. The molecule has 0 aliphatic carbocycles. The lowest BCUT2D eigenvalue weighted by atomic mass is 10.1. The Morgan fingerprint density at radius 2 is 2.39 bits per heavy atom. The van der Waals surface area contributed by atoms with Crippen LogP contribution in [0.5, 0.6) is 0 Å². The van der Waals surface area contributed by atoms with Gasteiger partial charge in [0, 0.05) is 20.1 Å². The summed E-state index contributed by atoms with van der Waals surface area (Å²) in [6.07, 6.45) is 2.02. The highest BCUT2D eigenvalue weighted by molar-refractivity contribution is 6.00. The second-order valence-electron chi connectivity index (χ2n) is 4.29. The average molecular weight is 251 g/mol. The molecule has 0 aromatic carbocycles. The Morgan fingerprint density at radius 3 is 2.94 bits per heavy atom. The van der Waals surface area contributed by atoms with Gasteiger partial charge in [-0.15, -0.1) is 0 Å². The molecule has 0 spiro atoms. The van der Waals surface area contributed by atoms with Crippen LogP contribution >= 0.6 is 0 Å². The molecule has 18 heavy (non-hydrogen) atoms. The van der Waals surface area contributed by atoms with Crippen LogP contribution in [0.2, 0.25) is 0 Å². The van der Waals surface area contributed by atoms with Crippen molar-refractivity contribution in [2.75, 3.05) is 18.8 Å². The van der Waals surface area contributed by atoms with E-state index in [2.05, 4.69) is 10.4 Å². The van der Waals surface area contributed by atoms with E-state index in [4.69, 9.17) is 5.73 Å². The molecule has 1 saturated heterocycles. The topological polar surface area (TPSA) is 93.2 Å². The van der Waals surface area contributed by atoms with Crippen molar-refractivity contribution in [3.63, 3.8) is 0 Å². The van der Waals surface area contributed by atoms with E-state index >= 15 is 0 Å². The molecule has 1 aromatic rings. The molecule has 98 valence electrons. The lowest BCUT2D eigenvalue weighted by Gasteiger charge is -2.34. The first kappa shape index (κ1) is 12.4. The van der Waals surface area contributed by atoms with E-state index in [1.807, 2.05) is 6.92 Å². The van der Waals surface area contributed by atoms with Crippen LogP contribution < -0.4 is 11.1 Å². The molecule has 0 radical (unpaired) electrons. The molecule has 0 saturated carbocycles. The second-order valence-corrected chi connectivity index (χ2v) is 4.29. The zero-order valence-corrected chi connectivity index (χ0v) is 10.5. The highest BCUT2D eigenvalue weighted by atomic mass is 16.2. The van der Waals surface area contributed by atoms with E-state index in [1.54, 1.807) is 11.9 Å². The first-order valence-electron chi connectivity index (χ1n) is 5.92. The average Bonchev–Trinajstić information content (AvgIpc) is 2.68. The largest absolute Gasteiger partial charge is 0.396 e. The number of nitrogens with two attached hydrogens (primary N) is 1. The van der Waals surface area contributed by atoms with E-state index < -0.39 is 6.04 Å². The number of nitrogens with zero attached hydrogens (tertiary/aromatic N) is 3. The maximum Gasteiger partial charge on any atom is 0.275 e. The number of anilines is 1. The van der Waals surface area contributed by atoms with Crippen LogP contribution in [0.3, 0.4) is 0 Å². The van der Waals surface area contributed by atoms with Gasteiger partial charge in [0.05, 0.1) is 11.9 Å². The Labute approximate surface area is 105 Å². The smallest absolute Gasteiger partial charge is 0.275 e. The van der Waals surface area contributed by atoms with Gasteiger partial charge in [-0.2, -0.15) is 5.10 Å². The number of rotatable bonds is 2. The molecule has 1 aliphatic rings. The fourth-order valence-corrected chi connectivity index (χ4v) is 2.22. The molecular formula is C11H17N5O2. The summed E-state index contributed by atoms with van der Waals surface area (Å²) in [6.45, 7) is 2.84. The Morgan fingerprint density at radius 1 is 1.67 bits per heavy atom. The number of hydrogen-bond donors (Lipinski definition) is 2. The Bertz CT molecular complexity index is 462. The monoisotopic (exact) mass is 251 g/mol. The third-order valence-electron chi connectivity index (χ3n) is 3.15. The van der Waals surface area contributed by atoms with Gasteiger partial charge >= 0.3 is 0 Å². The molecule has 1 atom stereocenters. The molecular weight excluding hydrogens is 234 g/mol. The third-order valence-corrected chi connectivity index (χ3v) is 3.15. The van der Waals surface area contributed by atoms with Crippen molar-refractivity contribution in [1.29, 1.82) is 0 Å². The van der Waals surface area contributed by atoms with Gasteiger partial charge in [0.15, 0.2) is 0 Å². The molecule has 7 nitrogen and oxygen atoms in total. The second kappa shape index (κ2) is 4.67. The number of hydrogen-bond acceptors (Lipinski definition) is 4. The number of piperazine rings is 1. The Hall–Kier alpha value is -2.05. The maximum atomic E-state index is 12.4. The molecule has 1 fully saturated rings. The summed E-state index contributed by atoms with van der Waals surface area (Å²) in [6, 6.07) is -0.430. The molecule has 2 amide bonds. The normalized spacial score (nSPS) is 19.8. The van der Waals surface area contributed by atoms with Gasteiger partial charge in [0.1, 0.15) is 11.7 Å². The van der Waals surface area contributed by atoms with Crippen molar-refractivity contribution in [1.82, 2.24) is 20.0 Å². The molecule has 7 heteroatoms. The number of amides is 2. The fraction of sp³-hybridized carbons (Fsp3) is 0.545. The van der Waals surface area contributed by atoms with Gasteiger partial charge < -0.3 is 16.0 Å². The van der Waals surface area contributed by atoms with Crippen molar-refractivity contribution in [2.45, 2.75) is 19.4 Å². The quantitative estimate of drug-likeness (QED) is 0.730. The summed E-state index contributed by atoms with van der Waals surface area (Å²) in [7, 11) is 1.66. The predicted octanol–water partition coefficient (Wildman–Crippen LogP) is -0.647. The van der Waals surface area contributed by atoms with Crippen molar-refractivity contribution in [2.24, 2.45) is 7.05 Å². The van der Waals surface area contributed by atoms with Crippen LogP contribution in [0.15, 0.2) is 6.20 Å². The molecule has 2 heterocycles. The van der Waals surface area contributed by atoms with E-state index in [9.17, 15) is 9.59 Å². The number of aryl methyl sites for hydroxylation is 1. The zero-order chi connectivity index (χ0) is 13.3. The minimum Gasteiger partial charge on any atom is -0.396 e. The molecule has 1 aliphatic heterocycles. The summed E-state index contributed by atoms with van der Waals surface area (Å²) in [4.78, 5) is 25.7. The van der Waals surface area contributed by atoms with Crippen LogP contribution in [0, 0.1) is 0 Å². The molecule has 0 bridgehead atoms. The van der Waals surface area contributed by atoms with E-state index in [0.29, 0.717) is 30.9 Å². The van der Waals surface area contributed by atoms with Gasteiger partial charge in [0.25, 0.3) is 5.91 Å². The van der Waals surface area contributed by atoms with E-state index in [-0.39, 0.29) is 11.8 Å². The fourth-order valence-electron chi connectivity index (χ4n) is 2.22. The van der Waals surface area contributed by atoms with Crippen molar-refractivity contribution >= 4 is 17.5 Å². The number of aromatic nitrogens is 2. The van der Waals surface area contributed by atoms with Gasteiger partial charge in [-0.3, -0.25) is 14.3 Å². The molecule has 3 N–H and O–H groups in total. The number of carbonyl (C=O) groups excluding carboxylic acids is 2. The molecule has 2 rings (SSSR count). The van der Waals surface area contributed by atoms with E-state index in [0.717, 1.165) is 0 Å². The van der Waals surface area contributed by atoms with Gasteiger partial charge in [-0.25, -0.2) is 0 Å². The van der Waals surface area contributed by atoms with Crippen LogP contribution in [0.4, 0.5) is 5.69 Å². The maximum absolute atomic E-state index is 12.4. The third kappa shape index (κ3) is 1.92. The zero-order valence-electron chi connectivity index (χ0n) is 10.5. The van der Waals surface area contributed by atoms with Crippen LogP contribution in [-0.4, -0.2) is 45.6 Å². The Balaban J connectivity index is 2.30. The minimum atomic E-state index is -0.430. The van der Waals surface area contributed by atoms with Crippen molar-refractivity contribution < 1.29 is 9.59 Å². The summed E-state index contributed by atoms with van der Waals surface area (Å²) in [5.74, 6) is -0.355. The highest BCUT2D eigenvalue weighted by Crippen LogP contribution is 2.17. The number of carbonyl (C=O) groups is 2. The minimum absolute atomic E-state index is 0.113. The SMILES string of the molecule is CCC1C(=O)NCCN1C(=O)c1c(N)cnn1C. The van der Waals surface area contributed by atoms with Gasteiger partial charge in [-0.05, 0) is 6.42 Å². The van der Waals surface area contributed by atoms with Gasteiger partial charge in [-0.1, -0.05) is 6.92 Å². The van der Waals surface area contributed by atoms with E-state index in [1.165, 1.54) is 10.9 Å². The van der Waals surface area contributed by atoms with Crippen LogP contribution in [0.1, 0.15) is 23.8 Å².